The zero-order valence-corrected chi connectivity index (χ0v) is 7.97. The molecule has 0 N–H and O–H groups in total. The van der Waals surface area contributed by atoms with Gasteiger partial charge in [0, 0.05) is 6.20 Å². The highest BCUT2D eigenvalue weighted by atomic mass is 35.5. The SMILES string of the molecule is C=CN1N=C(Cl)N=C(Cl)/C1=C/C. The molecule has 12 heavy (non-hydrogen) atoms. The summed E-state index contributed by atoms with van der Waals surface area (Å²) in [6.45, 7) is 5.39. The average Bonchev–Trinajstić information content (AvgIpc) is 2.03. The van der Waals surface area contributed by atoms with Crippen LogP contribution in [-0.4, -0.2) is 15.5 Å². The van der Waals surface area contributed by atoms with Crippen molar-refractivity contribution < 1.29 is 0 Å². The second kappa shape index (κ2) is 3.74. The average molecular weight is 204 g/mol. The van der Waals surface area contributed by atoms with Crippen LogP contribution in [-0.2, 0) is 0 Å². The summed E-state index contributed by atoms with van der Waals surface area (Å²) in [6.07, 6.45) is 3.29. The van der Waals surface area contributed by atoms with Gasteiger partial charge in [0.25, 0.3) is 0 Å². The van der Waals surface area contributed by atoms with Gasteiger partial charge in [-0.05, 0) is 18.5 Å². The molecule has 0 saturated carbocycles. The van der Waals surface area contributed by atoms with E-state index in [1.165, 1.54) is 11.2 Å². The van der Waals surface area contributed by atoms with Gasteiger partial charge >= 0.3 is 0 Å². The van der Waals surface area contributed by atoms with Gasteiger partial charge < -0.3 is 0 Å². The van der Waals surface area contributed by atoms with E-state index in [0.29, 0.717) is 10.9 Å². The molecule has 5 heteroatoms. The number of rotatable bonds is 1. The zero-order valence-electron chi connectivity index (χ0n) is 6.46. The highest BCUT2D eigenvalue weighted by Gasteiger charge is 2.15. The lowest BCUT2D eigenvalue weighted by Gasteiger charge is -2.19. The van der Waals surface area contributed by atoms with Crippen molar-refractivity contribution in [1.82, 2.24) is 5.01 Å². The normalized spacial score (nSPS) is 20.6. The minimum atomic E-state index is 0.102. The Morgan fingerprint density at radius 2 is 2.17 bits per heavy atom. The van der Waals surface area contributed by atoms with Crippen LogP contribution >= 0.6 is 23.2 Å². The minimum absolute atomic E-state index is 0.102. The summed E-state index contributed by atoms with van der Waals surface area (Å²) >= 11 is 11.3. The molecule has 0 atom stereocenters. The molecular formula is C7H7Cl2N3. The number of amidine groups is 1. The maximum absolute atomic E-state index is 5.78. The Balaban J connectivity index is 3.07. The molecule has 0 amide bonds. The van der Waals surface area contributed by atoms with Crippen LogP contribution < -0.4 is 0 Å². The third-order valence-corrected chi connectivity index (χ3v) is 1.72. The van der Waals surface area contributed by atoms with Crippen molar-refractivity contribution in [2.45, 2.75) is 6.92 Å². The van der Waals surface area contributed by atoms with Crippen molar-refractivity contribution >= 4 is 33.7 Å². The van der Waals surface area contributed by atoms with Crippen LogP contribution in [0.1, 0.15) is 6.92 Å². The standard InChI is InChI=1S/C7H7Cl2N3/c1-3-5-6(8)10-7(9)11-12(5)4-2/h3-4H,2H2,1H3/b5-3-. The number of hydrogen-bond donors (Lipinski definition) is 0. The second-order valence-electron chi connectivity index (χ2n) is 1.97. The van der Waals surface area contributed by atoms with Gasteiger partial charge in [-0.25, -0.2) is 10.0 Å². The van der Waals surface area contributed by atoms with Gasteiger partial charge in [-0.2, -0.15) is 0 Å². The van der Waals surface area contributed by atoms with E-state index < -0.39 is 0 Å². The lowest BCUT2D eigenvalue weighted by atomic mass is 10.4. The highest BCUT2D eigenvalue weighted by Crippen LogP contribution is 2.17. The first-order chi connectivity index (χ1) is 5.69. The molecule has 0 aromatic carbocycles. The topological polar surface area (TPSA) is 28.0 Å². The molecular weight excluding hydrogens is 197 g/mol. The van der Waals surface area contributed by atoms with Crippen LogP contribution in [0.4, 0.5) is 0 Å². The molecule has 0 unspecified atom stereocenters. The van der Waals surface area contributed by atoms with E-state index >= 15 is 0 Å². The molecule has 1 heterocycles. The molecule has 64 valence electrons. The largest absolute Gasteiger partial charge is 0.242 e. The van der Waals surface area contributed by atoms with Crippen molar-refractivity contribution in [3.8, 4) is 0 Å². The maximum atomic E-state index is 5.78. The van der Waals surface area contributed by atoms with Gasteiger partial charge in [-0.3, -0.25) is 0 Å². The minimum Gasteiger partial charge on any atom is -0.236 e. The first kappa shape index (κ1) is 9.29. The van der Waals surface area contributed by atoms with Crippen LogP contribution in [0.15, 0.2) is 34.6 Å². The Kier molecular flexibility index (Phi) is 2.89. The summed E-state index contributed by atoms with van der Waals surface area (Å²) in [5.74, 6) is 0. The number of hydrogen-bond acceptors (Lipinski definition) is 3. The van der Waals surface area contributed by atoms with E-state index in [2.05, 4.69) is 16.7 Å². The summed E-state index contributed by atoms with van der Waals surface area (Å²) in [5, 5.41) is 5.75. The van der Waals surface area contributed by atoms with Gasteiger partial charge in [0.1, 0.15) is 0 Å². The van der Waals surface area contributed by atoms with E-state index in [0.717, 1.165) is 0 Å². The Hall–Kier alpha value is -0.800. The summed E-state index contributed by atoms with van der Waals surface area (Å²) in [5.41, 5.74) is 0.677. The van der Waals surface area contributed by atoms with Crippen molar-refractivity contribution in [2.75, 3.05) is 0 Å². The Labute approximate surface area is 80.7 Å². The second-order valence-corrected chi connectivity index (χ2v) is 2.67. The fourth-order valence-electron chi connectivity index (χ4n) is 0.788. The van der Waals surface area contributed by atoms with E-state index in [4.69, 9.17) is 23.2 Å². The fourth-order valence-corrected chi connectivity index (χ4v) is 1.27. The number of hydrazone groups is 1. The first-order valence-electron chi connectivity index (χ1n) is 3.25. The van der Waals surface area contributed by atoms with E-state index in [1.54, 1.807) is 6.08 Å². The molecule has 0 fully saturated rings. The number of halogens is 2. The van der Waals surface area contributed by atoms with Crippen LogP contribution in [0, 0.1) is 0 Å². The molecule has 0 aromatic rings. The van der Waals surface area contributed by atoms with Crippen molar-refractivity contribution in [1.29, 1.82) is 0 Å². The number of nitrogens with zero attached hydrogens (tertiary/aromatic N) is 3. The molecule has 0 aromatic heterocycles. The molecule has 0 spiro atoms. The Bertz CT molecular complexity index is 291. The molecule has 1 aliphatic rings. The van der Waals surface area contributed by atoms with E-state index in [-0.39, 0.29) is 5.29 Å². The van der Waals surface area contributed by atoms with Crippen LogP contribution in [0.5, 0.6) is 0 Å². The zero-order chi connectivity index (χ0) is 9.14. The third-order valence-electron chi connectivity index (χ3n) is 1.29. The quantitative estimate of drug-likeness (QED) is 0.603. The summed E-state index contributed by atoms with van der Waals surface area (Å²) in [6, 6.07) is 0. The lowest BCUT2D eigenvalue weighted by Crippen LogP contribution is -2.19. The highest BCUT2D eigenvalue weighted by molar-refractivity contribution is 6.74. The summed E-state index contributed by atoms with van der Waals surface area (Å²) in [7, 11) is 0. The van der Waals surface area contributed by atoms with Crippen LogP contribution in [0.2, 0.25) is 0 Å². The molecule has 1 rings (SSSR count). The van der Waals surface area contributed by atoms with Gasteiger partial charge in [0.15, 0.2) is 5.17 Å². The molecule has 0 saturated heterocycles. The van der Waals surface area contributed by atoms with Crippen molar-refractivity contribution in [3.05, 3.63) is 24.6 Å². The smallest absolute Gasteiger partial charge is 0.236 e. The summed E-state index contributed by atoms with van der Waals surface area (Å²) in [4.78, 5) is 3.77. The van der Waals surface area contributed by atoms with Crippen LogP contribution in [0.3, 0.4) is 0 Å². The fraction of sp³-hybridized carbons (Fsp3) is 0.143. The molecule has 1 aliphatic heterocycles. The van der Waals surface area contributed by atoms with Gasteiger partial charge in [-0.1, -0.05) is 24.3 Å². The van der Waals surface area contributed by atoms with E-state index in [9.17, 15) is 0 Å². The van der Waals surface area contributed by atoms with Crippen LogP contribution in [0.25, 0.3) is 0 Å². The van der Waals surface area contributed by atoms with E-state index in [1.807, 2.05) is 6.92 Å². The van der Waals surface area contributed by atoms with Gasteiger partial charge in [0.2, 0.25) is 5.29 Å². The molecule has 0 radical (unpaired) electrons. The monoisotopic (exact) mass is 203 g/mol. The summed E-state index contributed by atoms with van der Waals surface area (Å²) < 4.78 is 0. The van der Waals surface area contributed by atoms with Crippen molar-refractivity contribution in [2.24, 2.45) is 10.1 Å². The first-order valence-corrected chi connectivity index (χ1v) is 4.01. The maximum Gasteiger partial charge on any atom is 0.242 e. The lowest BCUT2D eigenvalue weighted by molar-refractivity contribution is 0.521. The number of aliphatic imine (C=N–C) groups is 1. The van der Waals surface area contributed by atoms with Gasteiger partial charge in [-0.15, -0.1) is 5.10 Å². The third kappa shape index (κ3) is 1.68. The Morgan fingerprint density at radius 1 is 1.50 bits per heavy atom. The van der Waals surface area contributed by atoms with Crippen molar-refractivity contribution in [3.63, 3.8) is 0 Å². The van der Waals surface area contributed by atoms with Gasteiger partial charge in [0.05, 0.1) is 5.70 Å². The predicted molar refractivity (Wildman–Crippen MR) is 52.4 cm³/mol. The Morgan fingerprint density at radius 3 is 2.67 bits per heavy atom. The molecule has 0 bridgehead atoms. The molecule has 0 aliphatic carbocycles. The predicted octanol–water partition coefficient (Wildman–Crippen LogP) is 2.50. The molecule has 3 nitrogen and oxygen atoms in total. The number of allylic oxidation sites excluding steroid dienone is 2.